The number of rotatable bonds is 5. The summed E-state index contributed by atoms with van der Waals surface area (Å²) in [6, 6.07) is 8.00. The third-order valence-electron chi connectivity index (χ3n) is 3.52. The van der Waals surface area contributed by atoms with Gasteiger partial charge in [0.15, 0.2) is 0 Å². The van der Waals surface area contributed by atoms with Crippen molar-refractivity contribution in [3.8, 4) is 16.3 Å². The first-order valence-electron chi connectivity index (χ1n) is 7.16. The monoisotopic (exact) mass is 288 g/mol. The van der Waals surface area contributed by atoms with Gasteiger partial charge in [-0.05, 0) is 43.0 Å². The van der Waals surface area contributed by atoms with Crippen molar-refractivity contribution in [2.75, 3.05) is 0 Å². The zero-order valence-electron chi connectivity index (χ0n) is 11.9. The number of hydrogen-bond acceptors (Lipinski definition) is 4. The van der Waals surface area contributed by atoms with Crippen LogP contribution in [-0.2, 0) is 6.54 Å². The molecule has 4 heteroatoms. The van der Waals surface area contributed by atoms with Crippen molar-refractivity contribution < 1.29 is 5.11 Å². The van der Waals surface area contributed by atoms with Crippen LogP contribution in [0.15, 0.2) is 24.3 Å². The molecule has 1 fully saturated rings. The zero-order valence-corrected chi connectivity index (χ0v) is 12.7. The molecule has 1 saturated carbocycles. The summed E-state index contributed by atoms with van der Waals surface area (Å²) in [4.78, 5) is 6.15. The van der Waals surface area contributed by atoms with Gasteiger partial charge in [-0.15, -0.1) is 11.3 Å². The van der Waals surface area contributed by atoms with Crippen molar-refractivity contribution in [2.24, 2.45) is 0 Å². The Balaban J connectivity index is 1.86. The molecule has 0 spiro atoms. The molecule has 1 aromatic heterocycles. The Morgan fingerprint density at radius 3 is 2.60 bits per heavy atom. The molecule has 20 heavy (non-hydrogen) atoms. The largest absolute Gasteiger partial charge is 0.508 e. The molecule has 0 atom stereocenters. The van der Waals surface area contributed by atoms with Gasteiger partial charge in [-0.25, -0.2) is 4.98 Å². The van der Waals surface area contributed by atoms with Gasteiger partial charge >= 0.3 is 0 Å². The quantitative estimate of drug-likeness (QED) is 0.877. The van der Waals surface area contributed by atoms with Gasteiger partial charge in [0.05, 0.1) is 5.69 Å². The Hall–Kier alpha value is -1.39. The summed E-state index contributed by atoms with van der Waals surface area (Å²) in [7, 11) is 0. The average Bonchev–Trinajstić information content (AvgIpc) is 3.15. The van der Waals surface area contributed by atoms with Crippen molar-refractivity contribution in [3.63, 3.8) is 0 Å². The number of thiazole rings is 1. The highest BCUT2D eigenvalue weighted by molar-refractivity contribution is 7.15. The fraction of sp³-hybridized carbons (Fsp3) is 0.438. The van der Waals surface area contributed by atoms with Gasteiger partial charge in [0, 0.05) is 23.0 Å². The second-order valence-electron chi connectivity index (χ2n) is 5.68. The third-order valence-corrected chi connectivity index (χ3v) is 4.64. The summed E-state index contributed by atoms with van der Waals surface area (Å²) in [5, 5.41) is 14.0. The maximum absolute atomic E-state index is 9.38. The summed E-state index contributed by atoms with van der Waals surface area (Å²) in [6.45, 7) is 5.31. The first-order valence-corrected chi connectivity index (χ1v) is 7.97. The molecule has 0 bridgehead atoms. The van der Waals surface area contributed by atoms with E-state index in [1.807, 2.05) is 12.1 Å². The number of nitrogens with one attached hydrogen (secondary N) is 1. The molecular formula is C16H20N2OS. The van der Waals surface area contributed by atoms with E-state index in [9.17, 15) is 5.11 Å². The first-order chi connectivity index (χ1) is 9.63. The highest BCUT2D eigenvalue weighted by atomic mass is 32.1. The maximum Gasteiger partial charge on any atom is 0.123 e. The van der Waals surface area contributed by atoms with E-state index in [4.69, 9.17) is 4.98 Å². The molecule has 1 aliphatic carbocycles. The van der Waals surface area contributed by atoms with Crippen LogP contribution in [0.25, 0.3) is 10.6 Å². The Morgan fingerprint density at radius 1 is 1.30 bits per heavy atom. The highest BCUT2D eigenvalue weighted by Gasteiger charge is 2.22. The summed E-state index contributed by atoms with van der Waals surface area (Å²) < 4.78 is 0. The van der Waals surface area contributed by atoms with Crippen molar-refractivity contribution >= 4 is 11.3 Å². The second-order valence-corrected chi connectivity index (χ2v) is 6.77. The van der Waals surface area contributed by atoms with Gasteiger partial charge in [-0.2, -0.15) is 0 Å². The molecular weight excluding hydrogens is 268 g/mol. The number of phenols is 1. The number of benzene rings is 1. The van der Waals surface area contributed by atoms with E-state index in [1.165, 1.54) is 23.4 Å². The van der Waals surface area contributed by atoms with Crippen LogP contribution in [0.1, 0.15) is 43.2 Å². The topological polar surface area (TPSA) is 45.2 Å². The van der Waals surface area contributed by atoms with Crippen LogP contribution in [0.5, 0.6) is 5.75 Å². The average molecular weight is 288 g/mol. The molecule has 1 aliphatic rings. The Bertz CT molecular complexity index is 585. The molecule has 0 saturated heterocycles. The molecule has 1 aromatic carbocycles. The lowest BCUT2D eigenvalue weighted by molar-refractivity contribution is 0.475. The van der Waals surface area contributed by atoms with Gasteiger partial charge in [0.2, 0.25) is 0 Å². The van der Waals surface area contributed by atoms with E-state index in [1.54, 1.807) is 23.5 Å². The molecule has 3 nitrogen and oxygen atoms in total. The molecule has 0 radical (unpaired) electrons. The normalized spacial score (nSPS) is 14.9. The lowest BCUT2D eigenvalue weighted by Crippen LogP contribution is -2.15. The summed E-state index contributed by atoms with van der Waals surface area (Å²) in [6.07, 6.45) is 2.61. The van der Waals surface area contributed by atoms with Crippen LogP contribution in [0, 0.1) is 0 Å². The fourth-order valence-corrected chi connectivity index (χ4v) is 3.37. The first kappa shape index (κ1) is 13.6. The van der Waals surface area contributed by atoms with Crippen LogP contribution in [0.2, 0.25) is 0 Å². The molecule has 1 heterocycles. The maximum atomic E-state index is 9.38. The lowest BCUT2D eigenvalue weighted by Gasteiger charge is -2.05. The van der Waals surface area contributed by atoms with Crippen LogP contribution >= 0.6 is 11.3 Å². The second kappa shape index (κ2) is 5.54. The van der Waals surface area contributed by atoms with Crippen LogP contribution in [0.4, 0.5) is 0 Å². The molecule has 106 valence electrons. The van der Waals surface area contributed by atoms with Crippen LogP contribution < -0.4 is 5.32 Å². The van der Waals surface area contributed by atoms with E-state index in [0.717, 1.165) is 17.1 Å². The molecule has 2 aromatic rings. The predicted molar refractivity (Wildman–Crippen MR) is 83.2 cm³/mol. The number of aromatic nitrogens is 1. The number of nitrogens with zero attached hydrogens (tertiary/aromatic N) is 1. The standard InChI is InChI=1S/C16H20N2OS/c1-10(2)15-14(9-17-12-5-6-12)20-16(18-15)11-3-7-13(19)8-4-11/h3-4,7-8,10,12,17,19H,5-6,9H2,1-2H3. The smallest absolute Gasteiger partial charge is 0.123 e. The minimum Gasteiger partial charge on any atom is -0.508 e. The van der Waals surface area contributed by atoms with Crippen molar-refractivity contribution in [3.05, 3.63) is 34.8 Å². The van der Waals surface area contributed by atoms with E-state index < -0.39 is 0 Å². The number of phenolic OH excluding ortho intramolecular Hbond substituents is 1. The van der Waals surface area contributed by atoms with E-state index in [-0.39, 0.29) is 0 Å². The van der Waals surface area contributed by atoms with Gasteiger partial charge in [-0.3, -0.25) is 0 Å². The van der Waals surface area contributed by atoms with Crippen molar-refractivity contribution in [1.82, 2.24) is 10.3 Å². The minimum absolute atomic E-state index is 0.296. The third kappa shape index (κ3) is 3.02. The Labute approximate surface area is 123 Å². The molecule has 3 rings (SSSR count). The van der Waals surface area contributed by atoms with Crippen molar-refractivity contribution in [1.29, 1.82) is 0 Å². The molecule has 0 amide bonds. The van der Waals surface area contributed by atoms with Gasteiger partial charge in [0.1, 0.15) is 10.8 Å². The van der Waals surface area contributed by atoms with E-state index in [0.29, 0.717) is 17.7 Å². The van der Waals surface area contributed by atoms with E-state index in [2.05, 4.69) is 19.2 Å². The summed E-state index contributed by atoms with van der Waals surface area (Å²) >= 11 is 1.76. The SMILES string of the molecule is CC(C)c1nc(-c2ccc(O)cc2)sc1CNC1CC1. The van der Waals surface area contributed by atoms with Crippen molar-refractivity contribution in [2.45, 2.75) is 45.2 Å². The number of aromatic hydroxyl groups is 1. The Morgan fingerprint density at radius 2 is 2.00 bits per heavy atom. The van der Waals surface area contributed by atoms with Gasteiger partial charge in [-0.1, -0.05) is 13.8 Å². The minimum atomic E-state index is 0.296. The van der Waals surface area contributed by atoms with E-state index >= 15 is 0 Å². The summed E-state index contributed by atoms with van der Waals surface area (Å²) in [5.41, 5.74) is 2.28. The van der Waals surface area contributed by atoms with Gasteiger partial charge < -0.3 is 10.4 Å². The molecule has 0 unspecified atom stereocenters. The van der Waals surface area contributed by atoms with Gasteiger partial charge in [0.25, 0.3) is 0 Å². The van der Waals surface area contributed by atoms with Crippen LogP contribution in [-0.4, -0.2) is 16.1 Å². The molecule has 2 N–H and O–H groups in total. The van der Waals surface area contributed by atoms with Crippen LogP contribution in [0.3, 0.4) is 0 Å². The fourth-order valence-electron chi connectivity index (χ4n) is 2.19. The zero-order chi connectivity index (χ0) is 14.1. The lowest BCUT2D eigenvalue weighted by atomic mass is 10.1. The summed E-state index contributed by atoms with van der Waals surface area (Å²) in [5.74, 6) is 0.734. The highest BCUT2D eigenvalue weighted by Crippen LogP contribution is 2.33. The Kier molecular flexibility index (Phi) is 3.76. The predicted octanol–water partition coefficient (Wildman–Crippen LogP) is 3.89. The molecule has 0 aliphatic heterocycles. The number of hydrogen-bond donors (Lipinski definition) is 2.